The lowest BCUT2D eigenvalue weighted by Crippen LogP contribution is -2.36. The van der Waals surface area contributed by atoms with Crippen molar-refractivity contribution in [1.29, 1.82) is 0 Å². The molecule has 8 heteroatoms. The maximum atomic E-state index is 11.9. The van der Waals surface area contributed by atoms with Gasteiger partial charge in [0, 0.05) is 31.0 Å². The SMILES string of the molecule is CN(C)C(CNc1ccc([N+](=O)[O-])cc1S(C)(=O)=O)C1CC1. The minimum atomic E-state index is -3.54. The normalized spacial score (nSPS) is 16.5. The van der Waals surface area contributed by atoms with E-state index >= 15 is 0 Å². The number of nitrogens with one attached hydrogen (secondary N) is 1. The topological polar surface area (TPSA) is 92.5 Å². The Morgan fingerprint density at radius 1 is 1.41 bits per heavy atom. The average molecular weight is 327 g/mol. The predicted molar refractivity (Wildman–Crippen MR) is 84.9 cm³/mol. The van der Waals surface area contributed by atoms with E-state index in [4.69, 9.17) is 0 Å². The standard InChI is InChI=1S/C14H21N3O4S/c1-16(2)13(10-4-5-10)9-15-12-7-6-11(17(18)19)8-14(12)22(3,20)21/h6-8,10,13,15H,4-5,9H2,1-3H3. The van der Waals surface area contributed by atoms with Crippen LogP contribution in [-0.2, 0) is 9.84 Å². The highest BCUT2D eigenvalue weighted by Crippen LogP contribution is 2.35. The molecule has 0 radical (unpaired) electrons. The molecule has 0 heterocycles. The molecule has 1 saturated carbocycles. The summed E-state index contributed by atoms with van der Waals surface area (Å²) in [6.07, 6.45) is 3.43. The van der Waals surface area contributed by atoms with Crippen molar-refractivity contribution in [2.45, 2.75) is 23.8 Å². The molecule has 0 amide bonds. The van der Waals surface area contributed by atoms with E-state index < -0.39 is 14.8 Å². The van der Waals surface area contributed by atoms with Crippen LogP contribution in [0.5, 0.6) is 0 Å². The number of hydrogen-bond donors (Lipinski definition) is 1. The molecule has 122 valence electrons. The van der Waals surface area contributed by atoms with E-state index in [9.17, 15) is 18.5 Å². The Kier molecular flexibility index (Phi) is 4.72. The van der Waals surface area contributed by atoms with Crippen LogP contribution < -0.4 is 5.32 Å². The fourth-order valence-electron chi connectivity index (χ4n) is 2.54. The summed E-state index contributed by atoms with van der Waals surface area (Å²) in [5, 5.41) is 14.0. The minimum Gasteiger partial charge on any atom is -0.382 e. The van der Waals surface area contributed by atoms with Crippen molar-refractivity contribution in [1.82, 2.24) is 4.90 Å². The molecule has 0 saturated heterocycles. The van der Waals surface area contributed by atoms with Gasteiger partial charge in [-0.15, -0.1) is 0 Å². The van der Waals surface area contributed by atoms with E-state index in [1.165, 1.54) is 25.0 Å². The van der Waals surface area contributed by atoms with Gasteiger partial charge in [-0.2, -0.15) is 0 Å². The highest BCUT2D eigenvalue weighted by atomic mass is 32.2. The molecule has 1 unspecified atom stereocenters. The fourth-order valence-corrected chi connectivity index (χ4v) is 3.42. The van der Waals surface area contributed by atoms with Crippen molar-refractivity contribution in [3.63, 3.8) is 0 Å². The molecule has 1 atom stereocenters. The molecular weight excluding hydrogens is 306 g/mol. The minimum absolute atomic E-state index is 0.0324. The number of nitrogens with zero attached hydrogens (tertiary/aromatic N) is 2. The number of nitro groups is 1. The third-order valence-corrected chi connectivity index (χ3v) is 5.04. The Labute approximate surface area is 130 Å². The summed E-state index contributed by atoms with van der Waals surface area (Å²) in [6, 6.07) is 4.22. The van der Waals surface area contributed by atoms with Gasteiger partial charge in [-0.3, -0.25) is 10.1 Å². The summed E-state index contributed by atoms with van der Waals surface area (Å²) >= 11 is 0. The summed E-state index contributed by atoms with van der Waals surface area (Å²) in [5.41, 5.74) is 0.193. The van der Waals surface area contributed by atoms with Crippen molar-refractivity contribution >= 4 is 21.2 Å². The molecule has 0 aliphatic heterocycles. The van der Waals surface area contributed by atoms with Gasteiger partial charge in [0.15, 0.2) is 9.84 Å². The number of nitro benzene ring substituents is 1. The molecule has 7 nitrogen and oxygen atoms in total. The summed E-state index contributed by atoms with van der Waals surface area (Å²) in [5.74, 6) is 0.627. The summed E-state index contributed by atoms with van der Waals surface area (Å²) < 4.78 is 23.8. The Hall–Kier alpha value is -1.67. The fraction of sp³-hybridized carbons (Fsp3) is 0.571. The molecule has 1 aromatic carbocycles. The van der Waals surface area contributed by atoms with Gasteiger partial charge in [0.2, 0.25) is 0 Å². The Bertz CT molecular complexity index is 667. The molecule has 22 heavy (non-hydrogen) atoms. The Balaban J connectivity index is 2.24. The van der Waals surface area contributed by atoms with Crippen molar-refractivity contribution < 1.29 is 13.3 Å². The number of hydrogen-bond acceptors (Lipinski definition) is 6. The number of non-ortho nitro benzene ring substituents is 1. The first-order valence-electron chi connectivity index (χ1n) is 7.09. The van der Waals surface area contributed by atoms with E-state index in [-0.39, 0.29) is 10.6 Å². The first-order chi connectivity index (χ1) is 10.2. The van der Waals surface area contributed by atoms with Gasteiger partial charge < -0.3 is 10.2 Å². The molecule has 0 aromatic heterocycles. The number of benzene rings is 1. The van der Waals surface area contributed by atoms with Crippen LogP contribution in [0.25, 0.3) is 0 Å². The molecule has 1 fully saturated rings. The Morgan fingerprint density at radius 3 is 2.50 bits per heavy atom. The predicted octanol–water partition coefficient (Wildman–Crippen LogP) is 1.75. The highest BCUT2D eigenvalue weighted by molar-refractivity contribution is 7.90. The van der Waals surface area contributed by atoms with Gasteiger partial charge in [0.05, 0.1) is 15.5 Å². The molecule has 1 aliphatic rings. The number of likely N-dealkylation sites (N-methyl/N-ethyl adjacent to an activating group) is 1. The maximum Gasteiger partial charge on any atom is 0.270 e. The first-order valence-corrected chi connectivity index (χ1v) is 8.98. The van der Waals surface area contributed by atoms with Crippen LogP contribution in [0.15, 0.2) is 23.1 Å². The quantitative estimate of drug-likeness (QED) is 0.606. The van der Waals surface area contributed by atoms with Gasteiger partial charge in [-0.1, -0.05) is 0 Å². The van der Waals surface area contributed by atoms with Gasteiger partial charge in [-0.25, -0.2) is 8.42 Å². The van der Waals surface area contributed by atoms with Gasteiger partial charge in [-0.05, 0) is 38.9 Å². The third kappa shape index (κ3) is 3.95. The molecule has 1 aromatic rings. The average Bonchev–Trinajstić information content (AvgIpc) is 3.22. The van der Waals surface area contributed by atoms with E-state index in [1.54, 1.807) is 0 Å². The van der Waals surface area contributed by atoms with Crippen molar-refractivity contribution in [3.05, 3.63) is 28.3 Å². The van der Waals surface area contributed by atoms with Gasteiger partial charge in [0.25, 0.3) is 5.69 Å². The lowest BCUT2D eigenvalue weighted by Gasteiger charge is -2.25. The van der Waals surface area contributed by atoms with E-state index in [0.29, 0.717) is 24.2 Å². The summed E-state index contributed by atoms with van der Waals surface area (Å²) in [6.45, 7) is 0.609. The van der Waals surface area contributed by atoms with Gasteiger partial charge in [0.1, 0.15) is 0 Å². The molecular formula is C14H21N3O4S. The number of anilines is 1. The lowest BCUT2D eigenvalue weighted by molar-refractivity contribution is -0.385. The third-order valence-electron chi connectivity index (χ3n) is 3.91. The molecule has 1 aliphatic carbocycles. The van der Waals surface area contributed by atoms with Gasteiger partial charge >= 0.3 is 0 Å². The molecule has 0 spiro atoms. The zero-order valence-electron chi connectivity index (χ0n) is 12.9. The van der Waals surface area contributed by atoms with Crippen LogP contribution in [-0.4, -0.2) is 51.2 Å². The van der Waals surface area contributed by atoms with E-state index in [2.05, 4.69) is 10.2 Å². The number of rotatable bonds is 7. The van der Waals surface area contributed by atoms with Crippen LogP contribution >= 0.6 is 0 Å². The molecule has 0 bridgehead atoms. The summed E-state index contributed by atoms with van der Waals surface area (Å²) in [7, 11) is 0.453. The van der Waals surface area contributed by atoms with E-state index in [1.807, 2.05) is 14.1 Å². The van der Waals surface area contributed by atoms with E-state index in [0.717, 1.165) is 12.3 Å². The monoisotopic (exact) mass is 327 g/mol. The second kappa shape index (κ2) is 6.21. The Morgan fingerprint density at radius 2 is 2.05 bits per heavy atom. The smallest absolute Gasteiger partial charge is 0.270 e. The van der Waals surface area contributed by atoms with Crippen molar-refractivity contribution in [3.8, 4) is 0 Å². The molecule has 1 N–H and O–H groups in total. The van der Waals surface area contributed by atoms with Crippen LogP contribution in [0.2, 0.25) is 0 Å². The van der Waals surface area contributed by atoms with Crippen molar-refractivity contribution in [2.24, 2.45) is 5.92 Å². The van der Waals surface area contributed by atoms with Crippen LogP contribution in [0.4, 0.5) is 11.4 Å². The molecule has 2 rings (SSSR count). The lowest BCUT2D eigenvalue weighted by atomic mass is 10.1. The second-order valence-corrected chi connectivity index (χ2v) is 7.94. The van der Waals surface area contributed by atoms with Crippen molar-refractivity contribution in [2.75, 3.05) is 32.2 Å². The second-order valence-electron chi connectivity index (χ2n) is 5.96. The van der Waals surface area contributed by atoms with Crippen LogP contribution in [0, 0.1) is 16.0 Å². The number of sulfone groups is 1. The maximum absolute atomic E-state index is 11.9. The highest BCUT2D eigenvalue weighted by Gasteiger charge is 2.32. The largest absolute Gasteiger partial charge is 0.382 e. The first kappa shape index (κ1) is 16.7. The zero-order valence-corrected chi connectivity index (χ0v) is 13.8. The van der Waals surface area contributed by atoms with Crippen LogP contribution in [0.1, 0.15) is 12.8 Å². The zero-order chi connectivity index (χ0) is 16.5. The van der Waals surface area contributed by atoms with Crippen LogP contribution in [0.3, 0.4) is 0 Å². The summed E-state index contributed by atoms with van der Waals surface area (Å²) in [4.78, 5) is 12.3.